The van der Waals surface area contributed by atoms with Gasteiger partial charge in [0.2, 0.25) is 0 Å². The smallest absolute Gasteiger partial charge is 0.335 e. The Kier molecular flexibility index (Phi) is 4.89. The third-order valence-corrected chi connectivity index (χ3v) is 1.56. The molecule has 7 heteroatoms. The van der Waals surface area contributed by atoms with Crippen molar-refractivity contribution in [3.05, 3.63) is 28.3 Å². The van der Waals surface area contributed by atoms with Crippen LogP contribution in [-0.2, 0) is 0 Å². The van der Waals surface area contributed by atoms with Crippen LogP contribution in [-0.4, -0.2) is 12.0 Å². The lowest BCUT2D eigenvalue weighted by Crippen LogP contribution is -2.09. The fraction of sp³-hybridized carbons (Fsp3) is 0.143. The van der Waals surface area contributed by atoms with Crippen LogP contribution in [0.4, 0.5) is 11.4 Å². The minimum absolute atomic E-state index is 0. The van der Waals surface area contributed by atoms with E-state index in [1.165, 1.54) is 19.2 Å². The van der Waals surface area contributed by atoms with Crippen molar-refractivity contribution in [3.63, 3.8) is 0 Å². The standard InChI is InChI=1S/C7H9N3O3.BrH/c1-13-6-4-2-3-5(9-8)7(6)10(11)12;/h2-4,9H,8H2,1H3;1H. The van der Waals surface area contributed by atoms with Gasteiger partial charge in [-0.25, -0.2) is 0 Å². The molecule has 0 amide bonds. The number of nitrogens with two attached hydrogens (primary N) is 1. The molecular formula is C7H10BrN3O3. The van der Waals surface area contributed by atoms with E-state index in [9.17, 15) is 10.1 Å². The first-order valence-corrected chi connectivity index (χ1v) is 3.48. The van der Waals surface area contributed by atoms with Crippen molar-refractivity contribution in [2.24, 2.45) is 5.84 Å². The lowest BCUT2D eigenvalue weighted by Gasteiger charge is -2.05. The van der Waals surface area contributed by atoms with E-state index in [0.717, 1.165) is 0 Å². The van der Waals surface area contributed by atoms with Gasteiger partial charge in [-0.1, -0.05) is 6.07 Å². The Labute approximate surface area is 90.9 Å². The largest absolute Gasteiger partial charge is 0.490 e. The summed E-state index contributed by atoms with van der Waals surface area (Å²) in [6.45, 7) is 0. The Bertz CT molecular complexity index is 310. The second-order valence-corrected chi connectivity index (χ2v) is 2.26. The average molecular weight is 264 g/mol. The molecule has 0 radical (unpaired) electrons. The van der Waals surface area contributed by atoms with Gasteiger partial charge in [0, 0.05) is 0 Å². The molecule has 0 unspecified atom stereocenters. The number of hydrazine groups is 1. The van der Waals surface area contributed by atoms with Crippen molar-refractivity contribution < 1.29 is 9.66 Å². The highest BCUT2D eigenvalue weighted by Gasteiger charge is 2.19. The summed E-state index contributed by atoms with van der Waals surface area (Å²) in [6.07, 6.45) is 0. The molecule has 0 saturated carbocycles. The van der Waals surface area contributed by atoms with E-state index in [0.29, 0.717) is 0 Å². The molecule has 3 N–H and O–H groups in total. The highest BCUT2D eigenvalue weighted by molar-refractivity contribution is 8.93. The number of halogens is 1. The molecule has 0 spiro atoms. The van der Waals surface area contributed by atoms with Crippen molar-refractivity contribution in [1.29, 1.82) is 0 Å². The Morgan fingerprint density at radius 2 is 2.21 bits per heavy atom. The molecule has 1 aromatic rings. The number of benzene rings is 1. The normalized spacial score (nSPS) is 8.71. The maximum absolute atomic E-state index is 10.6. The van der Waals surface area contributed by atoms with E-state index in [1.54, 1.807) is 6.07 Å². The number of nitrogen functional groups attached to an aromatic ring is 1. The topological polar surface area (TPSA) is 90.4 Å². The molecule has 0 aromatic heterocycles. The SMILES string of the molecule is Br.COc1cccc(NN)c1[N+](=O)[O-]. The third-order valence-electron chi connectivity index (χ3n) is 1.56. The van der Waals surface area contributed by atoms with Crippen molar-refractivity contribution in [3.8, 4) is 5.75 Å². The fourth-order valence-corrected chi connectivity index (χ4v) is 0.992. The van der Waals surface area contributed by atoms with Gasteiger partial charge in [-0.15, -0.1) is 17.0 Å². The summed E-state index contributed by atoms with van der Waals surface area (Å²) in [5.74, 6) is 5.28. The molecule has 14 heavy (non-hydrogen) atoms. The summed E-state index contributed by atoms with van der Waals surface area (Å²) in [6, 6.07) is 4.61. The Hall–Kier alpha value is -1.34. The van der Waals surface area contributed by atoms with Gasteiger partial charge in [0.1, 0.15) is 5.69 Å². The van der Waals surface area contributed by atoms with Crippen LogP contribution in [0.2, 0.25) is 0 Å². The number of ether oxygens (including phenoxy) is 1. The van der Waals surface area contributed by atoms with Crippen LogP contribution in [0.25, 0.3) is 0 Å². The zero-order valence-electron chi connectivity index (χ0n) is 7.39. The van der Waals surface area contributed by atoms with Gasteiger partial charge in [0.05, 0.1) is 12.0 Å². The molecular weight excluding hydrogens is 254 g/mol. The van der Waals surface area contributed by atoms with E-state index in [-0.39, 0.29) is 34.1 Å². The van der Waals surface area contributed by atoms with Crippen LogP contribution in [0.1, 0.15) is 0 Å². The van der Waals surface area contributed by atoms with Crippen molar-refractivity contribution in [1.82, 2.24) is 0 Å². The number of rotatable bonds is 3. The van der Waals surface area contributed by atoms with Crippen molar-refractivity contribution >= 4 is 28.4 Å². The molecule has 0 bridgehead atoms. The first-order valence-electron chi connectivity index (χ1n) is 3.48. The highest BCUT2D eigenvalue weighted by Crippen LogP contribution is 2.33. The van der Waals surface area contributed by atoms with Gasteiger partial charge in [0.15, 0.2) is 5.75 Å². The fourth-order valence-electron chi connectivity index (χ4n) is 0.992. The molecule has 0 aliphatic carbocycles. The quantitative estimate of drug-likeness (QED) is 0.490. The van der Waals surface area contributed by atoms with E-state index in [4.69, 9.17) is 10.6 Å². The second-order valence-electron chi connectivity index (χ2n) is 2.26. The lowest BCUT2D eigenvalue weighted by molar-refractivity contribution is -0.384. The van der Waals surface area contributed by atoms with Crippen LogP contribution >= 0.6 is 17.0 Å². The van der Waals surface area contributed by atoms with Crippen LogP contribution in [0, 0.1) is 10.1 Å². The number of hydrogen-bond donors (Lipinski definition) is 2. The monoisotopic (exact) mass is 263 g/mol. The molecule has 0 heterocycles. The molecule has 1 aromatic carbocycles. The molecule has 78 valence electrons. The number of nitrogens with zero attached hydrogens (tertiary/aromatic N) is 1. The van der Waals surface area contributed by atoms with E-state index in [2.05, 4.69) is 5.43 Å². The minimum Gasteiger partial charge on any atom is -0.490 e. The van der Waals surface area contributed by atoms with Gasteiger partial charge < -0.3 is 10.2 Å². The van der Waals surface area contributed by atoms with Gasteiger partial charge in [-0.3, -0.25) is 16.0 Å². The molecule has 0 fully saturated rings. The predicted molar refractivity (Wildman–Crippen MR) is 57.8 cm³/mol. The van der Waals surface area contributed by atoms with Crippen molar-refractivity contribution in [2.75, 3.05) is 12.5 Å². The zero-order valence-corrected chi connectivity index (χ0v) is 9.10. The average Bonchev–Trinajstić information content (AvgIpc) is 2.16. The molecule has 0 aliphatic heterocycles. The summed E-state index contributed by atoms with van der Waals surface area (Å²) in [5, 5.41) is 10.6. The number of nitro groups is 1. The second kappa shape index (κ2) is 5.40. The number of hydrogen-bond acceptors (Lipinski definition) is 5. The molecule has 0 aliphatic rings. The van der Waals surface area contributed by atoms with Crippen LogP contribution in [0.15, 0.2) is 18.2 Å². The summed E-state index contributed by atoms with van der Waals surface area (Å²) >= 11 is 0. The molecule has 0 atom stereocenters. The van der Waals surface area contributed by atoms with Crippen molar-refractivity contribution in [2.45, 2.75) is 0 Å². The Balaban J connectivity index is 0.00000169. The lowest BCUT2D eigenvalue weighted by atomic mass is 10.2. The summed E-state index contributed by atoms with van der Waals surface area (Å²) in [7, 11) is 1.36. The Morgan fingerprint density at radius 1 is 1.57 bits per heavy atom. The van der Waals surface area contributed by atoms with E-state index in [1.807, 2.05) is 0 Å². The summed E-state index contributed by atoms with van der Waals surface area (Å²) in [4.78, 5) is 10.0. The van der Waals surface area contributed by atoms with Gasteiger partial charge in [-0.05, 0) is 12.1 Å². The van der Waals surface area contributed by atoms with Gasteiger partial charge in [0.25, 0.3) is 0 Å². The first-order chi connectivity index (χ1) is 6.20. The summed E-state index contributed by atoms with van der Waals surface area (Å²) in [5.41, 5.74) is 2.30. The van der Waals surface area contributed by atoms with Crippen LogP contribution < -0.4 is 16.0 Å². The van der Waals surface area contributed by atoms with Gasteiger partial charge in [-0.2, -0.15) is 0 Å². The third kappa shape index (κ3) is 2.33. The number of nitro benzene ring substituents is 1. The predicted octanol–water partition coefficient (Wildman–Crippen LogP) is 1.47. The van der Waals surface area contributed by atoms with Gasteiger partial charge >= 0.3 is 5.69 Å². The number of methoxy groups -OCH3 is 1. The van der Waals surface area contributed by atoms with E-state index < -0.39 is 4.92 Å². The maximum Gasteiger partial charge on any atom is 0.335 e. The number of para-hydroxylation sites is 1. The van der Waals surface area contributed by atoms with E-state index >= 15 is 0 Å². The number of nitrogens with one attached hydrogen (secondary N) is 1. The van der Waals surface area contributed by atoms with Crippen LogP contribution in [0.3, 0.4) is 0 Å². The Morgan fingerprint density at radius 3 is 2.64 bits per heavy atom. The van der Waals surface area contributed by atoms with Crippen LogP contribution in [0.5, 0.6) is 5.75 Å². The maximum atomic E-state index is 10.6. The number of anilines is 1. The molecule has 6 nitrogen and oxygen atoms in total. The summed E-state index contributed by atoms with van der Waals surface area (Å²) < 4.78 is 4.81. The zero-order chi connectivity index (χ0) is 9.84. The molecule has 0 saturated heterocycles. The highest BCUT2D eigenvalue weighted by atomic mass is 79.9. The minimum atomic E-state index is -0.548. The first kappa shape index (κ1) is 12.7. The molecule has 1 rings (SSSR count).